The largest absolute Gasteiger partial charge is 0.324 e. The minimum absolute atomic E-state index is 0.137. The van der Waals surface area contributed by atoms with Crippen LogP contribution in [0.1, 0.15) is 0 Å². The number of rotatable bonds is 3. The highest BCUT2D eigenvalue weighted by molar-refractivity contribution is 6.52. The third-order valence-corrected chi connectivity index (χ3v) is 4.70. The Morgan fingerprint density at radius 1 is 1.15 bits per heavy atom. The van der Waals surface area contributed by atoms with Gasteiger partial charge >= 0.3 is 0 Å². The first-order chi connectivity index (χ1) is 9.49. The molecule has 0 bridgehead atoms. The van der Waals surface area contributed by atoms with Gasteiger partial charge in [0, 0.05) is 26.2 Å². The minimum atomic E-state index is -0.164. The summed E-state index contributed by atoms with van der Waals surface area (Å²) in [5.41, 5.74) is 0.367. The van der Waals surface area contributed by atoms with E-state index in [1.807, 2.05) is 0 Å². The number of hydrogen-bond donors (Lipinski definition) is 2. The molecule has 1 saturated heterocycles. The lowest BCUT2D eigenvalue weighted by Crippen LogP contribution is -2.46. The molecule has 2 rings (SSSR count). The van der Waals surface area contributed by atoms with Crippen LogP contribution in [0.15, 0.2) is 6.07 Å². The first-order valence-corrected chi connectivity index (χ1v) is 7.56. The van der Waals surface area contributed by atoms with Crippen LogP contribution in [0, 0.1) is 0 Å². The number of carbonyl (C=O) groups is 1. The first kappa shape index (κ1) is 16.1. The lowest BCUT2D eigenvalue weighted by atomic mass is 10.3. The van der Waals surface area contributed by atoms with Gasteiger partial charge in [0.2, 0.25) is 5.91 Å². The van der Waals surface area contributed by atoms with Crippen LogP contribution in [0.5, 0.6) is 0 Å². The highest BCUT2D eigenvalue weighted by Gasteiger charge is 2.17. The van der Waals surface area contributed by atoms with Crippen molar-refractivity contribution >= 4 is 58.0 Å². The van der Waals surface area contributed by atoms with Crippen molar-refractivity contribution in [2.24, 2.45) is 0 Å². The molecule has 4 nitrogen and oxygen atoms in total. The molecule has 1 heterocycles. The molecule has 0 unspecified atom stereocenters. The molecule has 0 spiro atoms. The number of amides is 1. The van der Waals surface area contributed by atoms with Crippen molar-refractivity contribution in [2.45, 2.75) is 0 Å². The standard InChI is InChI=1S/C12H13Cl4N3O/c13-7-5-8(11(15)12(16)10(7)14)18-9(20)6-19-3-1-17-2-4-19/h5,17H,1-4,6H2,(H,18,20). The summed E-state index contributed by atoms with van der Waals surface area (Å²) in [6.45, 7) is 3.74. The van der Waals surface area contributed by atoms with Crippen molar-refractivity contribution in [3.8, 4) is 0 Å². The molecule has 1 aromatic carbocycles. The Morgan fingerprint density at radius 3 is 2.45 bits per heavy atom. The van der Waals surface area contributed by atoms with Gasteiger partial charge in [-0.3, -0.25) is 9.69 Å². The van der Waals surface area contributed by atoms with Gasteiger partial charge in [-0.2, -0.15) is 0 Å². The number of nitrogens with zero attached hydrogens (tertiary/aromatic N) is 1. The molecule has 1 aromatic rings. The average Bonchev–Trinajstić information content (AvgIpc) is 2.43. The van der Waals surface area contributed by atoms with Crippen LogP contribution >= 0.6 is 46.4 Å². The van der Waals surface area contributed by atoms with Gasteiger partial charge in [-0.25, -0.2) is 0 Å². The molecule has 1 aliphatic rings. The van der Waals surface area contributed by atoms with E-state index in [1.165, 1.54) is 6.07 Å². The van der Waals surface area contributed by atoms with Gasteiger partial charge in [0.1, 0.15) is 0 Å². The predicted octanol–water partition coefficient (Wildman–Crippen LogP) is 3.14. The number of carbonyl (C=O) groups excluding carboxylic acids is 1. The smallest absolute Gasteiger partial charge is 0.238 e. The van der Waals surface area contributed by atoms with E-state index in [0.29, 0.717) is 12.2 Å². The summed E-state index contributed by atoms with van der Waals surface area (Å²) in [6.07, 6.45) is 0. The van der Waals surface area contributed by atoms with Gasteiger partial charge < -0.3 is 10.6 Å². The molecule has 1 fully saturated rings. The van der Waals surface area contributed by atoms with Crippen molar-refractivity contribution < 1.29 is 4.79 Å². The van der Waals surface area contributed by atoms with Crippen molar-refractivity contribution in [2.75, 3.05) is 38.0 Å². The van der Waals surface area contributed by atoms with Crippen molar-refractivity contribution in [1.82, 2.24) is 10.2 Å². The molecular formula is C12H13Cl4N3O. The second-order valence-electron chi connectivity index (χ2n) is 4.42. The number of nitrogens with one attached hydrogen (secondary N) is 2. The number of benzene rings is 1. The van der Waals surface area contributed by atoms with E-state index in [4.69, 9.17) is 46.4 Å². The molecule has 1 amide bonds. The summed E-state index contributed by atoms with van der Waals surface area (Å²) in [6, 6.07) is 1.49. The highest BCUT2D eigenvalue weighted by Crippen LogP contribution is 2.40. The Morgan fingerprint density at radius 2 is 1.80 bits per heavy atom. The zero-order valence-corrected chi connectivity index (χ0v) is 13.5. The summed E-state index contributed by atoms with van der Waals surface area (Å²) in [4.78, 5) is 14.0. The minimum Gasteiger partial charge on any atom is -0.324 e. The SMILES string of the molecule is O=C(CN1CCNCC1)Nc1cc(Cl)c(Cl)c(Cl)c1Cl. The number of halogens is 4. The first-order valence-electron chi connectivity index (χ1n) is 6.05. The van der Waals surface area contributed by atoms with Crippen molar-refractivity contribution in [3.05, 3.63) is 26.2 Å². The Hall–Kier alpha value is -0.230. The van der Waals surface area contributed by atoms with Crippen LogP contribution in [-0.2, 0) is 4.79 Å². The van der Waals surface area contributed by atoms with E-state index in [1.54, 1.807) is 0 Å². The number of hydrogen-bond acceptors (Lipinski definition) is 3. The molecule has 1 aliphatic heterocycles. The normalized spacial score (nSPS) is 16.2. The quantitative estimate of drug-likeness (QED) is 0.646. The third-order valence-electron chi connectivity index (χ3n) is 2.95. The van der Waals surface area contributed by atoms with Crippen molar-refractivity contribution in [3.63, 3.8) is 0 Å². The van der Waals surface area contributed by atoms with Gasteiger partial charge in [0.15, 0.2) is 0 Å². The molecule has 110 valence electrons. The molecule has 0 aromatic heterocycles. The lowest BCUT2D eigenvalue weighted by Gasteiger charge is -2.26. The Bertz CT molecular complexity index is 518. The Kier molecular flexibility index (Phi) is 5.78. The van der Waals surface area contributed by atoms with E-state index in [2.05, 4.69) is 15.5 Å². The van der Waals surface area contributed by atoms with E-state index >= 15 is 0 Å². The second-order valence-corrected chi connectivity index (χ2v) is 5.96. The van der Waals surface area contributed by atoms with Crippen LogP contribution in [0.25, 0.3) is 0 Å². The van der Waals surface area contributed by atoms with E-state index in [-0.39, 0.29) is 26.0 Å². The summed E-state index contributed by atoms with van der Waals surface area (Å²) in [5, 5.41) is 6.68. The fourth-order valence-electron chi connectivity index (χ4n) is 1.93. The van der Waals surface area contributed by atoms with E-state index in [9.17, 15) is 4.79 Å². The monoisotopic (exact) mass is 355 g/mol. The zero-order chi connectivity index (χ0) is 14.7. The fraction of sp³-hybridized carbons (Fsp3) is 0.417. The second kappa shape index (κ2) is 7.16. The molecule has 0 aliphatic carbocycles. The van der Waals surface area contributed by atoms with Crippen LogP contribution in [-0.4, -0.2) is 43.5 Å². The van der Waals surface area contributed by atoms with Crippen molar-refractivity contribution in [1.29, 1.82) is 0 Å². The van der Waals surface area contributed by atoms with Gasteiger partial charge in [0.05, 0.1) is 32.3 Å². The molecule has 20 heavy (non-hydrogen) atoms. The maximum absolute atomic E-state index is 12.0. The summed E-state index contributed by atoms with van der Waals surface area (Å²) in [5.74, 6) is -0.164. The molecule has 0 radical (unpaired) electrons. The van der Waals surface area contributed by atoms with Crippen LogP contribution in [0.2, 0.25) is 20.1 Å². The lowest BCUT2D eigenvalue weighted by molar-refractivity contribution is -0.117. The number of anilines is 1. The third kappa shape index (κ3) is 3.91. The van der Waals surface area contributed by atoms with Gasteiger partial charge in [0.25, 0.3) is 0 Å². The van der Waals surface area contributed by atoms with Gasteiger partial charge in [-0.1, -0.05) is 46.4 Å². The molecular weight excluding hydrogens is 344 g/mol. The summed E-state index contributed by atoms with van der Waals surface area (Å²) in [7, 11) is 0. The maximum atomic E-state index is 12.0. The average molecular weight is 357 g/mol. The summed E-state index contributed by atoms with van der Waals surface area (Å²) >= 11 is 23.8. The topological polar surface area (TPSA) is 44.4 Å². The fourth-order valence-corrected chi connectivity index (χ4v) is 2.78. The maximum Gasteiger partial charge on any atom is 0.238 e. The molecule has 0 atom stereocenters. The van der Waals surface area contributed by atoms with Crippen LogP contribution in [0.4, 0.5) is 5.69 Å². The molecule has 2 N–H and O–H groups in total. The summed E-state index contributed by atoms with van der Waals surface area (Å²) < 4.78 is 0. The van der Waals surface area contributed by atoms with Crippen LogP contribution in [0.3, 0.4) is 0 Å². The zero-order valence-electron chi connectivity index (χ0n) is 10.5. The molecule has 0 saturated carbocycles. The van der Waals surface area contributed by atoms with Gasteiger partial charge in [-0.05, 0) is 6.07 Å². The van der Waals surface area contributed by atoms with E-state index < -0.39 is 0 Å². The highest BCUT2D eigenvalue weighted by atomic mass is 35.5. The predicted molar refractivity (Wildman–Crippen MR) is 84.4 cm³/mol. The van der Waals surface area contributed by atoms with Gasteiger partial charge in [-0.15, -0.1) is 0 Å². The van der Waals surface area contributed by atoms with Crippen LogP contribution < -0.4 is 10.6 Å². The molecule has 8 heteroatoms. The Labute approximate surface area is 137 Å². The van der Waals surface area contributed by atoms with E-state index in [0.717, 1.165) is 26.2 Å². The number of piperazine rings is 1. The Balaban J connectivity index is 2.04.